The number of aromatic carboxylic acids is 1. The van der Waals surface area contributed by atoms with Gasteiger partial charge in [-0.3, -0.25) is 0 Å². The lowest BCUT2D eigenvalue weighted by molar-refractivity contribution is 0.0697. The van der Waals surface area contributed by atoms with Crippen LogP contribution in [0.25, 0.3) is 0 Å². The van der Waals surface area contributed by atoms with Crippen LogP contribution in [0.4, 0.5) is 0 Å². The van der Waals surface area contributed by atoms with E-state index in [2.05, 4.69) is 11.3 Å². The van der Waals surface area contributed by atoms with Gasteiger partial charge in [0, 0.05) is 6.54 Å². The van der Waals surface area contributed by atoms with Gasteiger partial charge < -0.3 is 5.11 Å². The first-order valence-corrected chi connectivity index (χ1v) is 6.86. The van der Waals surface area contributed by atoms with Crippen molar-refractivity contribution >= 4 is 39.2 Å². The molecule has 1 aromatic rings. The van der Waals surface area contributed by atoms with E-state index in [1.165, 1.54) is 6.08 Å². The molecular formula is C10H9Cl2NO4S. The van der Waals surface area contributed by atoms with Crippen LogP contribution in [0.2, 0.25) is 10.0 Å². The topological polar surface area (TPSA) is 83.5 Å². The van der Waals surface area contributed by atoms with E-state index in [0.29, 0.717) is 0 Å². The van der Waals surface area contributed by atoms with E-state index in [-0.39, 0.29) is 27.0 Å². The highest BCUT2D eigenvalue weighted by Crippen LogP contribution is 2.28. The SMILES string of the molecule is C=CCNS(=O)(=O)c1cc(C(=O)O)c(Cl)cc1Cl. The second-order valence-corrected chi connectivity index (χ2v) is 5.76. The largest absolute Gasteiger partial charge is 0.478 e. The highest BCUT2D eigenvalue weighted by atomic mass is 35.5. The normalized spacial score (nSPS) is 11.2. The van der Waals surface area contributed by atoms with Gasteiger partial charge in [0.15, 0.2) is 0 Å². The van der Waals surface area contributed by atoms with Crippen LogP contribution in [0.5, 0.6) is 0 Å². The van der Waals surface area contributed by atoms with Crippen LogP contribution < -0.4 is 4.72 Å². The van der Waals surface area contributed by atoms with Crippen LogP contribution in [0.3, 0.4) is 0 Å². The molecule has 0 aliphatic heterocycles. The highest BCUT2D eigenvalue weighted by molar-refractivity contribution is 7.89. The van der Waals surface area contributed by atoms with Gasteiger partial charge in [-0.15, -0.1) is 6.58 Å². The van der Waals surface area contributed by atoms with Gasteiger partial charge in [-0.05, 0) is 12.1 Å². The molecule has 0 unspecified atom stereocenters. The number of carboxylic acids is 1. The molecule has 5 nitrogen and oxygen atoms in total. The summed E-state index contributed by atoms with van der Waals surface area (Å²) in [6.07, 6.45) is 1.35. The van der Waals surface area contributed by atoms with Gasteiger partial charge in [0.1, 0.15) is 4.90 Å². The third-order valence-corrected chi connectivity index (χ3v) is 4.16. The smallest absolute Gasteiger partial charge is 0.337 e. The van der Waals surface area contributed by atoms with Crippen molar-refractivity contribution in [2.45, 2.75) is 4.90 Å². The zero-order chi connectivity index (χ0) is 13.9. The van der Waals surface area contributed by atoms with E-state index < -0.39 is 16.0 Å². The molecule has 8 heteroatoms. The molecule has 1 rings (SSSR count). The van der Waals surface area contributed by atoms with Gasteiger partial charge in [0.05, 0.1) is 15.6 Å². The minimum Gasteiger partial charge on any atom is -0.478 e. The summed E-state index contributed by atoms with van der Waals surface area (Å²) >= 11 is 11.4. The molecule has 1 aromatic carbocycles. The Morgan fingerprint density at radius 1 is 1.39 bits per heavy atom. The zero-order valence-electron chi connectivity index (χ0n) is 8.98. The van der Waals surface area contributed by atoms with E-state index in [1.807, 2.05) is 0 Å². The monoisotopic (exact) mass is 309 g/mol. The number of carbonyl (C=O) groups is 1. The number of hydrogen-bond acceptors (Lipinski definition) is 3. The Bertz CT molecular complexity index is 598. The van der Waals surface area contributed by atoms with Gasteiger partial charge in [-0.1, -0.05) is 29.3 Å². The predicted molar refractivity (Wildman–Crippen MR) is 68.8 cm³/mol. The molecule has 0 radical (unpaired) electrons. The summed E-state index contributed by atoms with van der Waals surface area (Å²) in [6.45, 7) is 3.37. The quantitative estimate of drug-likeness (QED) is 0.816. The molecule has 2 N–H and O–H groups in total. The molecule has 0 saturated carbocycles. The van der Waals surface area contributed by atoms with E-state index in [4.69, 9.17) is 28.3 Å². The lowest BCUT2D eigenvalue weighted by Gasteiger charge is -2.09. The first-order chi connectivity index (χ1) is 8.29. The zero-order valence-corrected chi connectivity index (χ0v) is 11.3. The molecule has 0 amide bonds. The van der Waals surface area contributed by atoms with Crippen molar-refractivity contribution in [3.05, 3.63) is 40.4 Å². The number of rotatable bonds is 5. The average molecular weight is 310 g/mol. The molecule has 0 aliphatic carbocycles. The molecule has 18 heavy (non-hydrogen) atoms. The van der Waals surface area contributed by atoms with Crippen molar-refractivity contribution in [3.63, 3.8) is 0 Å². The van der Waals surface area contributed by atoms with E-state index >= 15 is 0 Å². The van der Waals surface area contributed by atoms with E-state index in [9.17, 15) is 13.2 Å². The maximum Gasteiger partial charge on any atom is 0.337 e. The third kappa shape index (κ3) is 3.23. The van der Waals surface area contributed by atoms with Gasteiger partial charge in [0.25, 0.3) is 0 Å². The minimum absolute atomic E-state index is 0.00366. The predicted octanol–water partition coefficient (Wildman–Crippen LogP) is 2.16. The van der Waals surface area contributed by atoms with Crippen LogP contribution in [0.15, 0.2) is 29.7 Å². The van der Waals surface area contributed by atoms with Crippen molar-refractivity contribution in [3.8, 4) is 0 Å². The third-order valence-electron chi connectivity index (χ3n) is 1.96. The lowest BCUT2D eigenvalue weighted by atomic mass is 10.2. The molecule has 0 saturated heterocycles. The van der Waals surface area contributed by atoms with Crippen molar-refractivity contribution < 1.29 is 18.3 Å². The summed E-state index contributed by atoms with van der Waals surface area (Å²) in [6, 6.07) is 1.99. The second kappa shape index (κ2) is 5.71. The van der Waals surface area contributed by atoms with E-state index in [1.54, 1.807) is 0 Å². The minimum atomic E-state index is -3.90. The van der Waals surface area contributed by atoms with Crippen molar-refractivity contribution in [1.82, 2.24) is 4.72 Å². The first kappa shape index (κ1) is 15.0. The molecule has 98 valence electrons. The van der Waals surface area contributed by atoms with Gasteiger partial charge in [-0.25, -0.2) is 17.9 Å². The summed E-state index contributed by atoms with van der Waals surface area (Å²) in [5, 5.41) is 8.58. The Kier molecular flexibility index (Phi) is 4.75. The summed E-state index contributed by atoms with van der Waals surface area (Å²) in [7, 11) is -3.90. The van der Waals surface area contributed by atoms with Gasteiger partial charge in [-0.2, -0.15) is 0 Å². The Morgan fingerprint density at radius 3 is 2.50 bits per heavy atom. The molecule has 0 spiro atoms. The molecule has 0 bridgehead atoms. The Balaban J connectivity index is 3.37. The second-order valence-electron chi connectivity index (χ2n) is 3.21. The summed E-state index contributed by atoms with van der Waals surface area (Å²) in [5.41, 5.74) is -0.333. The number of sulfonamides is 1. The summed E-state index contributed by atoms with van der Waals surface area (Å²) in [4.78, 5) is 10.5. The van der Waals surface area contributed by atoms with Crippen molar-refractivity contribution in [1.29, 1.82) is 0 Å². The Morgan fingerprint density at radius 2 is 2.00 bits per heavy atom. The van der Waals surface area contributed by atoms with Crippen LogP contribution in [0, 0.1) is 0 Å². The highest BCUT2D eigenvalue weighted by Gasteiger charge is 2.21. The van der Waals surface area contributed by atoms with Crippen LogP contribution in [-0.2, 0) is 10.0 Å². The number of hydrogen-bond donors (Lipinski definition) is 2. The van der Waals surface area contributed by atoms with Gasteiger partial charge in [0.2, 0.25) is 10.0 Å². The number of nitrogens with one attached hydrogen (secondary N) is 1. The molecule has 0 aliphatic rings. The Hall–Kier alpha value is -1.08. The molecule has 0 heterocycles. The molecule has 0 atom stereocenters. The molecule has 0 aromatic heterocycles. The maximum atomic E-state index is 11.8. The van der Waals surface area contributed by atoms with E-state index in [0.717, 1.165) is 12.1 Å². The molecular weight excluding hydrogens is 301 g/mol. The summed E-state index contributed by atoms with van der Waals surface area (Å²) in [5.74, 6) is -1.34. The van der Waals surface area contributed by atoms with Crippen LogP contribution >= 0.6 is 23.2 Å². The maximum absolute atomic E-state index is 11.8. The number of carboxylic acid groups (broad SMARTS) is 1. The fraction of sp³-hybridized carbons (Fsp3) is 0.100. The van der Waals surface area contributed by atoms with Gasteiger partial charge >= 0.3 is 5.97 Å². The standard InChI is InChI=1S/C10H9Cl2NO4S/c1-2-3-13-18(16,17)9-4-6(10(14)15)7(11)5-8(9)12/h2,4-5,13H,1,3H2,(H,14,15). The van der Waals surface area contributed by atoms with Crippen molar-refractivity contribution in [2.75, 3.05) is 6.54 Å². The van der Waals surface area contributed by atoms with Crippen molar-refractivity contribution in [2.24, 2.45) is 0 Å². The Labute approximate surface area is 114 Å². The number of halogens is 2. The fourth-order valence-corrected chi connectivity index (χ4v) is 3.00. The fourth-order valence-electron chi connectivity index (χ4n) is 1.15. The average Bonchev–Trinajstić information content (AvgIpc) is 2.25. The molecule has 0 fully saturated rings. The summed E-state index contributed by atoms with van der Waals surface area (Å²) < 4.78 is 25.8. The first-order valence-electron chi connectivity index (χ1n) is 4.62. The number of benzene rings is 1. The lowest BCUT2D eigenvalue weighted by Crippen LogP contribution is -2.24. The van der Waals surface area contributed by atoms with Crippen LogP contribution in [-0.4, -0.2) is 26.0 Å². The van der Waals surface area contributed by atoms with Crippen LogP contribution in [0.1, 0.15) is 10.4 Å².